The summed E-state index contributed by atoms with van der Waals surface area (Å²) >= 11 is 0. The van der Waals surface area contributed by atoms with Crippen molar-refractivity contribution in [2.45, 2.75) is 39.3 Å². The molecule has 0 bridgehead atoms. The summed E-state index contributed by atoms with van der Waals surface area (Å²) in [5, 5.41) is 0. The molecule has 1 heterocycles. The fourth-order valence-corrected chi connectivity index (χ4v) is 3.78. The number of Topliss-reactive ketones (excluding diaryl/α,β-unsaturated/α-hetero) is 1. The summed E-state index contributed by atoms with van der Waals surface area (Å²) < 4.78 is 0. The summed E-state index contributed by atoms with van der Waals surface area (Å²) in [5.41, 5.74) is 1.40. The molecule has 0 unspecified atom stereocenters. The highest BCUT2D eigenvalue weighted by atomic mass is 16.2. The van der Waals surface area contributed by atoms with Crippen LogP contribution < -0.4 is 0 Å². The molecule has 3 nitrogen and oxygen atoms in total. The van der Waals surface area contributed by atoms with E-state index in [2.05, 4.69) is 0 Å². The lowest BCUT2D eigenvalue weighted by Crippen LogP contribution is -2.51. The highest BCUT2D eigenvalue weighted by Crippen LogP contribution is 2.49. The summed E-state index contributed by atoms with van der Waals surface area (Å²) in [6, 6.07) is 19.2. The van der Waals surface area contributed by atoms with Gasteiger partial charge in [0.1, 0.15) is 5.78 Å². The molecular formula is C21H23NO2. The Labute approximate surface area is 143 Å². The average Bonchev–Trinajstić information content (AvgIpc) is 2.58. The van der Waals surface area contributed by atoms with Crippen molar-refractivity contribution >= 4 is 11.7 Å². The summed E-state index contributed by atoms with van der Waals surface area (Å²) in [5.74, 6) is 0.195. The molecule has 1 fully saturated rings. The van der Waals surface area contributed by atoms with Gasteiger partial charge in [-0.3, -0.25) is 9.59 Å². The number of carbonyl (C=O) groups is 2. The Morgan fingerprint density at radius 2 is 1.46 bits per heavy atom. The van der Waals surface area contributed by atoms with Gasteiger partial charge in [-0.2, -0.15) is 0 Å². The van der Waals surface area contributed by atoms with E-state index in [0.29, 0.717) is 6.42 Å². The van der Waals surface area contributed by atoms with E-state index < -0.39 is 5.41 Å². The first-order valence-electron chi connectivity index (χ1n) is 8.35. The number of amides is 1. The van der Waals surface area contributed by atoms with Crippen LogP contribution in [0.25, 0.3) is 0 Å². The fraction of sp³-hybridized carbons (Fsp3) is 0.333. The van der Waals surface area contributed by atoms with Gasteiger partial charge >= 0.3 is 0 Å². The molecule has 0 aliphatic carbocycles. The minimum atomic E-state index is -0.613. The normalized spacial score (nSPS) is 23.1. The molecule has 2 aromatic carbocycles. The molecular weight excluding hydrogens is 298 g/mol. The minimum absolute atomic E-state index is 0.00159. The average molecular weight is 321 g/mol. The maximum Gasteiger partial charge on any atom is 0.220 e. The lowest BCUT2D eigenvalue weighted by molar-refractivity contribution is -0.151. The predicted molar refractivity (Wildman–Crippen MR) is 94.3 cm³/mol. The number of carbonyl (C=O) groups excluding carboxylic acids is 2. The van der Waals surface area contributed by atoms with Crippen LogP contribution >= 0.6 is 0 Å². The van der Waals surface area contributed by atoms with Crippen LogP contribution in [0.4, 0.5) is 0 Å². The molecule has 3 heteroatoms. The van der Waals surface area contributed by atoms with Crippen molar-refractivity contribution in [3.63, 3.8) is 0 Å². The number of rotatable bonds is 2. The fourth-order valence-electron chi connectivity index (χ4n) is 3.78. The zero-order chi connectivity index (χ0) is 17.3. The van der Waals surface area contributed by atoms with Crippen molar-refractivity contribution in [1.82, 2.24) is 4.90 Å². The van der Waals surface area contributed by atoms with Crippen LogP contribution in [-0.4, -0.2) is 16.6 Å². The van der Waals surface area contributed by atoms with Gasteiger partial charge in [0.05, 0.1) is 12.1 Å². The second kappa shape index (κ2) is 6.23. The minimum Gasteiger partial charge on any atom is -0.327 e. The standard InChI is InChI=1S/C21H23NO2/c1-15(23)22-18(16-10-6-4-7-11-16)14-19(24)21(2,3)20(22)17-12-8-5-9-13-17/h4-13,18,20H,14H2,1-3H3/t18-,20-/m0/s1. The second-order valence-electron chi connectivity index (χ2n) is 7.01. The van der Waals surface area contributed by atoms with Gasteiger partial charge in [-0.05, 0) is 11.1 Å². The molecule has 2 atom stereocenters. The van der Waals surface area contributed by atoms with E-state index in [4.69, 9.17) is 0 Å². The van der Waals surface area contributed by atoms with Crippen molar-refractivity contribution in [2.24, 2.45) is 5.41 Å². The molecule has 3 rings (SSSR count). The first-order chi connectivity index (χ1) is 11.4. The van der Waals surface area contributed by atoms with Gasteiger partial charge in [0.15, 0.2) is 0 Å². The van der Waals surface area contributed by atoms with E-state index in [-0.39, 0.29) is 23.8 Å². The molecule has 0 aromatic heterocycles. The molecule has 0 radical (unpaired) electrons. The summed E-state index contributed by atoms with van der Waals surface area (Å²) in [6.45, 7) is 5.49. The largest absolute Gasteiger partial charge is 0.327 e. The van der Waals surface area contributed by atoms with Gasteiger partial charge in [0.25, 0.3) is 0 Å². The number of likely N-dealkylation sites (tertiary alicyclic amines) is 1. The zero-order valence-corrected chi connectivity index (χ0v) is 14.4. The van der Waals surface area contributed by atoms with E-state index in [1.54, 1.807) is 6.92 Å². The van der Waals surface area contributed by atoms with E-state index in [0.717, 1.165) is 11.1 Å². The molecule has 0 saturated carbocycles. The van der Waals surface area contributed by atoms with Gasteiger partial charge in [-0.1, -0.05) is 74.5 Å². The number of nitrogens with zero attached hydrogens (tertiary/aromatic N) is 1. The summed E-state index contributed by atoms with van der Waals surface area (Å²) in [4.78, 5) is 27.4. The molecule has 124 valence electrons. The van der Waals surface area contributed by atoms with Crippen molar-refractivity contribution in [2.75, 3.05) is 0 Å². The zero-order valence-electron chi connectivity index (χ0n) is 14.4. The SMILES string of the molecule is CC(=O)N1[C@@H](c2ccccc2)C(C)(C)C(=O)C[C@H]1c1ccccc1. The maximum absolute atomic E-state index is 12.9. The number of piperidine rings is 1. The Morgan fingerprint density at radius 1 is 0.958 bits per heavy atom. The van der Waals surface area contributed by atoms with Crippen LogP contribution in [-0.2, 0) is 9.59 Å². The van der Waals surface area contributed by atoms with E-state index in [1.165, 1.54) is 0 Å². The van der Waals surface area contributed by atoms with Gasteiger partial charge in [0, 0.05) is 18.8 Å². The Kier molecular flexibility index (Phi) is 4.27. The molecule has 1 aliphatic rings. The van der Waals surface area contributed by atoms with Crippen LogP contribution in [0, 0.1) is 5.41 Å². The topological polar surface area (TPSA) is 37.4 Å². The quantitative estimate of drug-likeness (QED) is 0.826. The molecule has 0 spiro atoms. The Hall–Kier alpha value is -2.42. The predicted octanol–water partition coefficient (Wildman–Crippen LogP) is 4.32. The highest BCUT2D eigenvalue weighted by Gasteiger charge is 2.49. The first-order valence-corrected chi connectivity index (χ1v) is 8.35. The van der Waals surface area contributed by atoms with Gasteiger partial charge in [-0.25, -0.2) is 0 Å². The molecule has 24 heavy (non-hydrogen) atoms. The van der Waals surface area contributed by atoms with Crippen molar-refractivity contribution in [3.8, 4) is 0 Å². The van der Waals surface area contributed by atoms with Crippen molar-refractivity contribution < 1.29 is 9.59 Å². The van der Waals surface area contributed by atoms with Crippen LogP contribution in [0.1, 0.15) is 50.4 Å². The monoisotopic (exact) mass is 321 g/mol. The highest BCUT2D eigenvalue weighted by molar-refractivity contribution is 5.89. The number of hydrogen-bond donors (Lipinski definition) is 0. The van der Waals surface area contributed by atoms with Crippen LogP contribution in [0.5, 0.6) is 0 Å². The van der Waals surface area contributed by atoms with Gasteiger partial charge in [0.2, 0.25) is 5.91 Å². The second-order valence-corrected chi connectivity index (χ2v) is 7.01. The third kappa shape index (κ3) is 2.75. The third-order valence-corrected chi connectivity index (χ3v) is 5.06. The number of benzene rings is 2. The van der Waals surface area contributed by atoms with Crippen LogP contribution in [0.15, 0.2) is 60.7 Å². The van der Waals surface area contributed by atoms with E-state index >= 15 is 0 Å². The molecule has 1 saturated heterocycles. The Bertz CT molecular complexity index is 737. The first kappa shape index (κ1) is 16.4. The smallest absolute Gasteiger partial charge is 0.220 e. The Morgan fingerprint density at radius 3 is 1.96 bits per heavy atom. The molecule has 2 aromatic rings. The van der Waals surface area contributed by atoms with Gasteiger partial charge < -0.3 is 4.90 Å². The lowest BCUT2D eigenvalue weighted by Gasteiger charge is -2.49. The number of ketones is 1. The van der Waals surface area contributed by atoms with E-state index in [9.17, 15) is 9.59 Å². The molecule has 1 aliphatic heterocycles. The van der Waals surface area contributed by atoms with Crippen molar-refractivity contribution in [3.05, 3.63) is 71.8 Å². The van der Waals surface area contributed by atoms with Gasteiger partial charge in [-0.15, -0.1) is 0 Å². The maximum atomic E-state index is 12.9. The van der Waals surface area contributed by atoms with Crippen LogP contribution in [0.3, 0.4) is 0 Å². The summed E-state index contributed by atoms with van der Waals surface area (Å²) in [7, 11) is 0. The van der Waals surface area contributed by atoms with Crippen LogP contribution in [0.2, 0.25) is 0 Å². The lowest BCUT2D eigenvalue weighted by atomic mass is 9.69. The molecule has 1 amide bonds. The Balaban J connectivity index is 2.14. The van der Waals surface area contributed by atoms with Crippen molar-refractivity contribution in [1.29, 1.82) is 0 Å². The summed E-state index contributed by atoms with van der Waals surface area (Å²) in [6.07, 6.45) is 0.361. The third-order valence-electron chi connectivity index (χ3n) is 5.06. The van der Waals surface area contributed by atoms with E-state index in [1.807, 2.05) is 79.4 Å². The molecule has 0 N–H and O–H groups in total. The number of hydrogen-bond acceptors (Lipinski definition) is 2.